The van der Waals surface area contributed by atoms with Crippen LogP contribution in [0.3, 0.4) is 0 Å². The average molecular weight is 184 g/mol. The van der Waals surface area contributed by atoms with Crippen molar-refractivity contribution in [3.63, 3.8) is 0 Å². The Balaban J connectivity index is 0.000000720. The third-order valence-electron chi connectivity index (χ3n) is 1.45. The van der Waals surface area contributed by atoms with E-state index in [0.717, 1.165) is 11.5 Å². The molecule has 0 fully saturated rings. The highest BCUT2D eigenvalue weighted by Gasteiger charge is 2.11. The molecule has 0 spiro atoms. The van der Waals surface area contributed by atoms with Crippen LogP contribution in [-0.4, -0.2) is 33.2 Å². The molecule has 1 aliphatic rings. The number of nitrogens with one attached hydrogen (secondary N) is 2. The van der Waals surface area contributed by atoms with Gasteiger partial charge in [0.05, 0.1) is 12.5 Å². The van der Waals surface area contributed by atoms with Crippen LogP contribution in [0.4, 0.5) is 5.82 Å². The van der Waals surface area contributed by atoms with Crippen molar-refractivity contribution < 1.29 is 5.48 Å². The lowest BCUT2D eigenvalue weighted by molar-refractivity contribution is 0.824. The Labute approximate surface area is 74.2 Å². The van der Waals surface area contributed by atoms with Gasteiger partial charge in [-0.1, -0.05) is 12.2 Å². The Hall–Kier alpha value is -1.27. The molecule has 1 unspecified atom stereocenters. The maximum atomic E-state index is 4.74. The molecular weight excluding hydrogens is 176 g/mol. The van der Waals surface area contributed by atoms with E-state index in [1.54, 1.807) is 17.9 Å². The molecule has 0 aliphatic carbocycles. The number of thiocarbonyl (C=S) groups is 1. The van der Waals surface area contributed by atoms with Crippen LogP contribution in [0, 0.1) is 0 Å². The fraction of sp³-hybridized carbons (Fsp3) is 0.167. The van der Waals surface area contributed by atoms with Crippen LogP contribution in [-0.2, 0) is 0 Å². The Bertz CT molecular complexity index is 308. The topological polar surface area (TPSA) is 84.6 Å². The quantitative estimate of drug-likeness (QED) is 0.590. The molecule has 64 valence electrons. The van der Waals surface area contributed by atoms with Crippen LogP contribution < -0.4 is 5.32 Å². The monoisotopic (exact) mass is 184 g/mol. The molecule has 0 amide bonds. The maximum absolute atomic E-state index is 4.74. The van der Waals surface area contributed by atoms with E-state index in [-0.39, 0.29) is 11.6 Å². The summed E-state index contributed by atoms with van der Waals surface area (Å²) in [5.41, 5.74) is 0.901. The number of hydrogen-bond donors (Lipinski definition) is 2. The molecule has 1 aromatic heterocycles. The van der Waals surface area contributed by atoms with E-state index in [1.165, 1.54) is 0 Å². The Morgan fingerprint density at radius 1 is 1.58 bits per heavy atom. The van der Waals surface area contributed by atoms with Gasteiger partial charge in [-0.25, -0.2) is 4.98 Å². The average Bonchev–Trinajstić information content (AvgIpc) is 2.50. The maximum Gasteiger partial charge on any atom is 0.155 e. The predicted octanol–water partition coefficient (Wildman–Crippen LogP) is -0.245. The minimum absolute atomic E-state index is 0. The van der Waals surface area contributed by atoms with Crippen LogP contribution in [0.1, 0.15) is 5.69 Å². The first-order chi connectivity index (χ1) is 5.40. The predicted molar refractivity (Wildman–Crippen MR) is 50.9 cm³/mol. The Morgan fingerprint density at radius 2 is 2.42 bits per heavy atom. The highest BCUT2D eigenvalue weighted by molar-refractivity contribution is 7.79. The highest BCUT2D eigenvalue weighted by Crippen LogP contribution is 2.12. The molecular formula is C6H8N4OS. The van der Waals surface area contributed by atoms with E-state index in [9.17, 15) is 0 Å². The molecule has 0 bridgehead atoms. The molecule has 1 aromatic rings. The van der Waals surface area contributed by atoms with Gasteiger partial charge in [-0.05, 0) is 0 Å². The van der Waals surface area contributed by atoms with Gasteiger partial charge in [-0.2, -0.15) is 0 Å². The van der Waals surface area contributed by atoms with Crippen molar-refractivity contribution >= 4 is 29.6 Å². The molecule has 2 heterocycles. The zero-order chi connectivity index (χ0) is 7.68. The third-order valence-corrected chi connectivity index (χ3v) is 1.70. The number of fused-ring (bicyclic) bond motifs is 1. The second-order valence-electron chi connectivity index (χ2n) is 2.17. The van der Waals surface area contributed by atoms with Crippen LogP contribution in [0.25, 0.3) is 0 Å². The minimum atomic E-state index is -0.110. The summed E-state index contributed by atoms with van der Waals surface area (Å²) in [5, 5.41) is 4.59. The van der Waals surface area contributed by atoms with Gasteiger partial charge in [0.1, 0.15) is 11.9 Å². The van der Waals surface area contributed by atoms with Crippen molar-refractivity contribution in [3.8, 4) is 0 Å². The van der Waals surface area contributed by atoms with E-state index >= 15 is 0 Å². The summed E-state index contributed by atoms with van der Waals surface area (Å²) >= 11 is 4.74. The number of imidazole rings is 1. The molecule has 2 rings (SSSR count). The first-order valence-electron chi connectivity index (χ1n) is 3.18. The van der Waals surface area contributed by atoms with E-state index in [1.807, 2.05) is 0 Å². The summed E-state index contributed by atoms with van der Waals surface area (Å²) < 4.78 is 0. The number of nitrogens with zero attached hydrogens (tertiary/aromatic N) is 2. The Morgan fingerprint density at radius 3 is 3.17 bits per heavy atom. The van der Waals surface area contributed by atoms with Gasteiger partial charge in [-0.3, -0.25) is 4.99 Å². The first-order valence-corrected chi connectivity index (χ1v) is 3.65. The summed E-state index contributed by atoms with van der Waals surface area (Å²) in [4.78, 5) is 11.1. The lowest BCUT2D eigenvalue weighted by Crippen LogP contribution is -2.22. The fourth-order valence-corrected chi connectivity index (χ4v) is 1.06. The molecule has 0 aromatic carbocycles. The zero-order valence-electron chi connectivity index (χ0n) is 6.11. The lowest BCUT2D eigenvalue weighted by atomic mass is 10.4. The fourth-order valence-electron chi connectivity index (χ4n) is 0.919. The van der Waals surface area contributed by atoms with Crippen molar-refractivity contribution in [2.75, 3.05) is 5.32 Å². The molecule has 1 atom stereocenters. The van der Waals surface area contributed by atoms with Crippen LogP contribution in [0.2, 0.25) is 0 Å². The summed E-state index contributed by atoms with van der Waals surface area (Å²) in [6, 6.07) is 0. The molecule has 12 heavy (non-hydrogen) atoms. The smallest absolute Gasteiger partial charge is 0.155 e. The van der Waals surface area contributed by atoms with Gasteiger partial charge in [0.15, 0.2) is 5.82 Å². The zero-order valence-corrected chi connectivity index (χ0v) is 6.93. The number of anilines is 1. The van der Waals surface area contributed by atoms with E-state index in [4.69, 9.17) is 12.2 Å². The third kappa shape index (κ3) is 1.34. The SMILES string of the molecule is O.S=CC1N=Cc2[nH]cnc2N1. The van der Waals surface area contributed by atoms with Crippen molar-refractivity contribution in [2.45, 2.75) is 6.17 Å². The van der Waals surface area contributed by atoms with E-state index in [0.29, 0.717) is 0 Å². The van der Waals surface area contributed by atoms with Gasteiger partial charge < -0.3 is 15.8 Å². The van der Waals surface area contributed by atoms with Gasteiger partial charge in [0, 0.05) is 5.37 Å². The summed E-state index contributed by atoms with van der Waals surface area (Å²) in [5.74, 6) is 0.811. The number of H-pyrrole nitrogens is 1. The van der Waals surface area contributed by atoms with Crippen molar-refractivity contribution in [3.05, 3.63) is 12.0 Å². The van der Waals surface area contributed by atoms with Gasteiger partial charge in [0.2, 0.25) is 0 Å². The molecule has 4 N–H and O–H groups in total. The Kier molecular flexibility index (Phi) is 2.51. The van der Waals surface area contributed by atoms with E-state index in [2.05, 4.69) is 20.3 Å². The number of aromatic nitrogens is 2. The second kappa shape index (κ2) is 3.42. The van der Waals surface area contributed by atoms with Crippen molar-refractivity contribution in [2.24, 2.45) is 4.99 Å². The number of rotatable bonds is 1. The number of hydrogen-bond acceptors (Lipinski definition) is 4. The van der Waals surface area contributed by atoms with Gasteiger partial charge >= 0.3 is 0 Å². The number of aromatic amines is 1. The normalized spacial score (nSPS) is 18.8. The summed E-state index contributed by atoms with van der Waals surface area (Å²) in [7, 11) is 0. The van der Waals surface area contributed by atoms with Crippen LogP contribution >= 0.6 is 12.2 Å². The molecule has 0 radical (unpaired) electrons. The standard InChI is InChI=1S/C6H6N4S.H2O/c11-2-5-7-1-4-6(10-5)9-3-8-4;/h1-3,5,10H,(H,8,9);1H2. The largest absolute Gasteiger partial charge is 0.412 e. The van der Waals surface area contributed by atoms with Crippen LogP contribution in [0.5, 0.6) is 0 Å². The molecule has 0 saturated carbocycles. The summed E-state index contributed by atoms with van der Waals surface area (Å²) in [6.07, 6.45) is 3.24. The van der Waals surface area contributed by atoms with Crippen molar-refractivity contribution in [1.29, 1.82) is 0 Å². The molecule has 1 aliphatic heterocycles. The second-order valence-corrected chi connectivity index (χ2v) is 2.44. The molecule has 0 saturated heterocycles. The first kappa shape index (κ1) is 8.82. The highest BCUT2D eigenvalue weighted by atomic mass is 32.1. The molecule has 5 nitrogen and oxygen atoms in total. The molecule has 6 heteroatoms. The minimum Gasteiger partial charge on any atom is -0.412 e. The van der Waals surface area contributed by atoms with Gasteiger partial charge in [0.25, 0.3) is 0 Å². The van der Waals surface area contributed by atoms with Crippen LogP contribution in [0.15, 0.2) is 11.3 Å². The van der Waals surface area contributed by atoms with Crippen molar-refractivity contribution in [1.82, 2.24) is 9.97 Å². The summed E-state index contributed by atoms with van der Waals surface area (Å²) in [6.45, 7) is 0. The lowest BCUT2D eigenvalue weighted by Gasteiger charge is -2.12. The van der Waals surface area contributed by atoms with E-state index < -0.39 is 0 Å². The number of aliphatic imine (C=N–C) groups is 1. The van der Waals surface area contributed by atoms with Gasteiger partial charge in [-0.15, -0.1) is 0 Å².